The Hall–Kier alpha value is -1.92. The molecule has 0 spiro atoms. The van der Waals surface area contributed by atoms with E-state index in [1.807, 2.05) is 0 Å². The van der Waals surface area contributed by atoms with Crippen molar-refractivity contribution in [2.75, 3.05) is 11.9 Å². The Bertz CT molecular complexity index is 728. The Labute approximate surface area is 156 Å². The van der Waals surface area contributed by atoms with E-state index < -0.39 is 0 Å². The SMILES string of the molecule is CCCc1nc(NC(=O)CCNC(=O)c2ccc(Cl)cc2)sc1CC. The highest BCUT2D eigenvalue weighted by atomic mass is 35.5. The lowest BCUT2D eigenvalue weighted by Gasteiger charge is -2.05. The third-order valence-corrected chi connectivity index (χ3v) is 4.99. The van der Waals surface area contributed by atoms with E-state index in [2.05, 4.69) is 29.5 Å². The van der Waals surface area contributed by atoms with E-state index in [9.17, 15) is 9.59 Å². The van der Waals surface area contributed by atoms with Crippen LogP contribution in [-0.2, 0) is 17.6 Å². The molecule has 1 heterocycles. The minimum absolute atomic E-state index is 0.157. The number of nitrogens with zero attached hydrogens (tertiary/aromatic N) is 1. The smallest absolute Gasteiger partial charge is 0.251 e. The summed E-state index contributed by atoms with van der Waals surface area (Å²) in [6, 6.07) is 6.61. The second-order valence-electron chi connectivity index (χ2n) is 5.55. The van der Waals surface area contributed by atoms with Gasteiger partial charge in [-0.2, -0.15) is 0 Å². The molecule has 0 atom stereocenters. The summed E-state index contributed by atoms with van der Waals surface area (Å²) in [5, 5.41) is 6.75. The molecule has 1 aromatic heterocycles. The van der Waals surface area contributed by atoms with Gasteiger partial charge in [-0.3, -0.25) is 9.59 Å². The van der Waals surface area contributed by atoms with Gasteiger partial charge in [0.2, 0.25) is 5.91 Å². The first kappa shape index (κ1) is 19.4. The molecule has 0 aliphatic heterocycles. The van der Waals surface area contributed by atoms with E-state index in [1.54, 1.807) is 24.3 Å². The number of carbonyl (C=O) groups is 2. The summed E-state index contributed by atoms with van der Waals surface area (Å²) in [7, 11) is 0. The zero-order valence-electron chi connectivity index (χ0n) is 14.4. The number of amides is 2. The van der Waals surface area contributed by atoms with Crippen LogP contribution in [0.15, 0.2) is 24.3 Å². The van der Waals surface area contributed by atoms with Gasteiger partial charge in [0.25, 0.3) is 5.91 Å². The molecule has 0 aliphatic carbocycles. The van der Waals surface area contributed by atoms with Crippen molar-refractivity contribution in [3.8, 4) is 0 Å². The number of aryl methyl sites for hydroxylation is 2. The maximum Gasteiger partial charge on any atom is 0.251 e. The van der Waals surface area contributed by atoms with Crippen molar-refractivity contribution in [3.05, 3.63) is 45.4 Å². The highest BCUT2D eigenvalue weighted by Gasteiger charge is 2.12. The maximum atomic E-state index is 12.0. The molecule has 5 nitrogen and oxygen atoms in total. The maximum absolute atomic E-state index is 12.0. The molecule has 2 N–H and O–H groups in total. The molecular formula is C18H22ClN3O2S. The topological polar surface area (TPSA) is 71.1 Å². The second kappa shape index (κ2) is 9.53. The lowest BCUT2D eigenvalue weighted by atomic mass is 10.2. The summed E-state index contributed by atoms with van der Waals surface area (Å²) in [6.07, 6.45) is 3.07. The molecule has 2 aromatic rings. The molecule has 0 fully saturated rings. The molecule has 2 amide bonds. The summed E-state index contributed by atoms with van der Waals surface area (Å²) < 4.78 is 0. The normalized spacial score (nSPS) is 10.5. The molecular weight excluding hydrogens is 358 g/mol. The molecule has 25 heavy (non-hydrogen) atoms. The first-order valence-electron chi connectivity index (χ1n) is 8.35. The Morgan fingerprint density at radius 1 is 1.20 bits per heavy atom. The van der Waals surface area contributed by atoms with Crippen molar-refractivity contribution in [3.63, 3.8) is 0 Å². The van der Waals surface area contributed by atoms with E-state index in [0.29, 0.717) is 15.7 Å². The number of anilines is 1. The van der Waals surface area contributed by atoms with Gasteiger partial charge < -0.3 is 10.6 Å². The Balaban J connectivity index is 1.80. The van der Waals surface area contributed by atoms with Gasteiger partial charge >= 0.3 is 0 Å². The molecule has 0 saturated carbocycles. The third kappa shape index (κ3) is 5.83. The first-order chi connectivity index (χ1) is 12.0. The second-order valence-corrected chi connectivity index (χ2v) is 7.07. The first-order valence-corrected chi connectivity index (χ1v) is 9.55. The fraction of sp³-hybridized carbons (Fsp3) is 0.389. The predicted octanol–water partition coefficient (Wildman–Crippen LogP) is 4.07. The largest absolute Gasteiger partial charge is 0.352 e. The van der Waals surface area contributed by atoms with Crippen LogP contribution in [0.5, 0.6) is 0 Å². The number of aromatic nitrogens is 1. The van der Waals surface area contributed by atoms with Gasteiger partial charge in [0.05, 0.1) is 5.69 Å². The number of nitrogens with one attached hydrogen (secondary N) is 2. The average Bonchev–Trinajstić information content (AvgIpc) is 2.97. The summed E-state index contributed by atoms with van der Waals surface area (Å²) in [6.45, 7) is 4.46. The predicted molar refractivity (Wildman–Crippen MR) is 103 cm³/mol. The zero-order valence-corrected chi connectivity index (χ0v) is 16.0. The van der Waals surface area contributed by atoms with Crippen molar-refractivity contribution >= 4 is 39.9 Å². The highest BCUT2D eigenvalue weighted by molar-refractivity contribution is 7.15. The zero-order chi connectivity index (χ0) is 18.2. The van der Waals surface area contributed by atoms with E-state index in [0.717, 1.165) is 25.0 Å². The molecule has 0 unspecified atom stereocenters. The summed E-state index contributed by atoms with van der Waals surface area (Å²) >= 11 is 7.32. The van der Waals surface area contributed by atoms with Crippen LogP contribution in [0.2, 0.25) is 5.02 Å². The molecule has 134 valence electrons. The van der Waals surface area contributed by atoms with Gasteiger partial charge in [0.15, 0.2) is 5.13 Å². The highest BCUT2D eigenvalue weighted by Crippen LogP contribution is 2.24. The Kier molecular flexibility index (Phi) is 7.40. The number of rotatable bonds is 8. The summed E-state index contributed by atoms with van der Waals surface area (Å²) in [5.41, 5.74) is 1.59. The molecule has 7 heteroatoms. The number of thiazole rings is 1. The number of halogens is 1. The van der Waals surface area contributed by atoms with E-state index in [1.165, 1.54) is 16.2 Å². The summed E-state index contributed by atoms with van der Waals surface area (Å²) in [5.74, 6) is -0.381. The Morgan fingerprint density at radius 3 is 2.56 bits per heavy atom. The minimum Gasteiger partial charge on any atom is -0.352 e. The quantitative estimate of drug-likeness (QED) is 0.726. The van der Waals surface area contributed by atoms with E-state index in [-0.39, 0.29) is 24.8 Å². The van der Waals surface area contributed by atoms with Gasteiger partial charge in [-0.15, -0.1) is 11.3 Å². The van der Waals surface area contributed by atoms with Gasteiger partial charge in [0.1, 0.15) is 0 Å². The minimum atomic E-state index is -0.225. The standard InChI is InChI=1S/C18H22ClN3O2S/c1-3-5-14-15(4-2)25-18(21-14)22-16(23)10-11-20-17(24)12-6-8-13(19)9-7-12/h6-9H,3-5,10-11H2,1-2H3,(H,20,24)(H,21,22,23). The number of carbonyl (C=O) groups excluding carboxylic acids is 2. The van der Waals surface area contributed by atoms with Crippen molar-refractivity contribution in [2.24, 2.45) is 0 Å². The van der Waals surface area contributed by atoms with Crippen molar-refractivity contribution in [1.29, 1.82) is 0 Å². The van der Waals surface area contributed by atoms with Crippen molar-refractivity contribution in [1.82, 2.24) is 10.3 Å². The van der Waals surface area contributed by atoms with E-state index >= 15 is 0 Å². The van der Waals surface area contributed by atoms with Crippen LogP contribution in [-0.4, -0.2) is 23.3 Å². The van der Waals surface area contributed by atoms with E-state index in [4.69, 9.17) is 11.6 Å². The monoisotopic (exact) mass is 379 g/mol. The average molecular weight is 380 g/mol. The van der Waals surface area contributed by atoms with Crippen molar-refractivity contribution in [2.45, 2.75) is 39.5 Å². The van der Waals surface area contributed by atoms with Gasteiger partial charge in [-0.25, -0.2) is 4.98 Å². The molecule has 1 aromatic carbocycles. The lowest BCUT2D eigenvalue weighted by Crippen LogP contribution is -2.27. The van der Waals surface area contributed by atoms with Crippen LogP contribution in [0.3, 0.4) is 0 Å². The number of hydrogen-bond acceptors (Lipinski definition) is 4. The fourth-order valence-electron chi connectivity index (χ4n) is 2.32. The van der Waals surface area contributed by atoms with Crippen LogP contribution in [0, 0.1) is 0 Å². The third-order valence-electron chi connectivity index (χ3n) is 3.58. The van der Waals surface area contributed by atoms with Gasteiger partial charge in [0, 0.05) is 28.4 Å². The van der Waals surface area contributed by atoms with Crippen LogP contribution in [0.25, 0.3) is 0 Å². The number of benzene rings is 1. The Morgan fingerprint density at radius 2 is 1.92 bits per heavy atom. The van der Waals surface area contributed by atoms with Crippen molar-refractivity contribution < 1.29 is 9.59 Å². The molecule has 0 bridgehead atoms. The van der Waals surface area contributed by atoms with Crippen LogP contribution in [0.1, 0.15) is 47.6 Å². The van der Waals surface area contributed by atoms with Crippen LogP contribution >= 0.6 is 22.9 Å². The lowest BCUT2D eigenvalue weighted by molar-refractivity contribution is -0.116. The van der Waals surface area contributed by atoms with Crippen LogP contribution in [0.4, 0.5) is 5.13 Å². The number of hydrogen-bond donors (Lipinski definition) is 2. The summed E-state index contributed by atoms with van der Waals surface area (Å²) in [4.78, 5) is 29.7. The molecule has 2 rings (SSSR count). The molecule has 0 saturated heterocycles. The fourth-order valence-corrected chi connectivity index (χ4v) is 3.41. The van der Waals surface area contributed by atoms with Gasteiger partial charge in [-0.1, -0.05) is 31.9 Å². The van der Waals surface area contributed by atoms with Crippen LogP contribution < -0.4 is 10.6 Å². The van der Waals surface area contributed by atoms with Gasteiger partial charge in [-0.05, 0) is 37.1 Å². The molecule has 0 aliphatic rings. The molecule has 0 radical (unpaired) electrons.